The summed E-state index contributed by atoms with van der Waals surface area (Å²) in [5.41, 5.74) is 7.36. The number of rotatable bonds is 3. The molecule has 2 aromatic rings. The summed E-state index contributed by atoms with van der Waals surface area (Å²) in [6, 6.07) is 0.105. The van der Waals surface area contributed by atoms with Gasteiger partial charge in [0, 0.05) is 39.8 Å². The van der Waals surface area contributed by atoms with Crippen LogP contribution in [0.5, 0.6) is 0 Å². The predicted octanol–water partition coefficient (Wildman–Crippen LogP) is -0.0627. The van der Waals surface area contributed by atoms with Crippen molar-refractivity contribution in [2.45, 2.75) is 32.9 Å². The average molecular weight is 332 g/mol. The molecule has 1 saturated heterocycles. The molecule has 1 atom stereocenters. The van der Waals surface area contributed by atoms with Crippen molar-refractivity contribution in [3.63, 3.8) is 0 Å². The third kappa shape index (κ3) is 2.56. The molecule has 0 amide bonds. The molecule has 0 aliphatic carbocycles. The second-order valence-corrected chi connectivity index (χ2v) is 6.68. The highest BCUT2D eigenvalue weighted by Gasteiger charge is 2.26. The standard InChI is InChI=1S/C16H24N6O2/c1-10(2)5-8-22-12-13(19(3)16(24)20(4)14(12)23)18-15(22)21-7-6-11(17)9-21/h5,11H,6-9,17H2,1-4H3. The topological polar surface area (TPSA) is 91.1 Å². The number of aryl methyl sites for hydroxylation is 1. The number of aromatic nitrogens is 4. The number of anilines is 1. The van der Waals surface area contributed by atoms with Gasteiger partial charge in [-0.25, -0.2) is 4.79 Å². The Morgan fingerprint density at radius 1 is 1.29 bits per heavy atom. The molecule has 0 spiro atoms. The number of imidazole rings is 1. The fourth-order valence-corrected chi connectivity index (χ4v) is 3.09. The maximum Gasteiger partial charge on any atom is 0.332 e. The third-order valence-corrected chi connectivity index (χ3v) is 4.52. The highest BCUT2D eigenvalue weighted by atomic mass is 16.2. The first-order valence-corrected chi connectivity index (χ1v) is 8.11. The predicted molar refractivity (Wildman–Crippen MR) is 94.5 cm³/mol. The molecule has 8 nitrogen and oxygen atoms in total. The molecule has 0 radical (unpaired) electrons. The molecule has 0 aromatic carbocycles. The Morgan fingerprint density at radius 2 is 2.00 bits per heavy atom. The van der Waals surface area contributed by atoms with E-state index in [9.17, 15) is 9.59 Å². The van der Waals surface area contributed by atoms with Crippen LogP contribution in [0.3, 0.4) is 0 Å². The minimum absolute atomic E-state index is 0.105. The first-order valence-electron chi connectivity index (χ1n) is 8.11. The summed E-state index contributed by atoms with van der Waals surface area (Å²) in [7, 11) is 3.13. The van der Waals surface area contributed by atoms with Crippen LogP contribution >= 0.6 is 0 Å². The maximum absolute atomic E-state index is 12.7. The Labute approximate surface area is 139 Å². The van der Waals surface area contributed by atoms with Crippen LogP contribution in [0.4, 0.5) is 5.95 Å². The second-order valence-electron chi connectivity index (χ2n) is 6.68. The number of hydrogen-bond donors (Lipinski definition) is 1. The lowest BCUT2D eigenvalue weighted by atomic mass is 10.3. The Bertz CT molecular complexity index is 929. The first kappa shape index (κ1) is 16.5. The van der Waals surface area contributed by atoms with Gasteiger partial charge in [-0.15, -0.1) is 0 Å². The van der Waals surface area contributed by atoms with Crippen molar-refractivity contribution in [1.29, 1.82) is 0 Å². The number of nitrogens with zero attached hydrogens (tertiary/aromatic N) is 5. The SMILES string of the molecule is CC(C)=CCn1c(N2CCC(N)C2)nc2c1c(=O)n(C)c(=O)n2C. The van der Waals surface area contributed by atoms with Crippen LogP contribution in [0.15, 0.2) is 21.2 Å². The van der Waals surface area contributed by atoms with Gasteiger partial charge in [0.15, 0.2) is 11.2 Å². The van der Waals surface area contributed by atoms with Crippen LogP contribution in [-0.2, 0) is 20.6 Å². The zero-order chi connectivity index (χ0) is 17.6. The lowest BCUT2D eigenvalue weighted by Gasteiger charge is -2.18. The molecule has 2 N–H and O–H groups in total. The van der Waals surface area contributed by atoms with Crippen LogP contribution in [0, 0.1) is 0 Å². The van der Waals surface area contributed by atoms with Crippen molar-refractivity contribution >= 4 is 17.1 Å². The van der Waals surface area contributed by atoms with E-state index < -0.39 is 0 Å². The molecule has 3 heterocycles. The van der Waals surface area contributed by atoms with Crippen LogP contribution in [0.1, 0.15) is 20.3 Å². The summed E-state index contributed by atoms with van der Waals surface area (Å²) in [5, 5.41) is 0. The maximum atomic E-state index is 12.7. The van der Waals surface area contributed by atoms with Gasteiger partial charge in [-0.05, 0) is 20.3 Å². The van der Waals surface area contributed by atoms with E-state index in [1.165, 1.54) is 11.6 Å². The zero-order valence-electron chi connectivity index (χ0n) is 14.6. The fourth-order valence-electron chi connectivity index (χ4n) is 3.09. The molecular formula is C16H24N6O2. The lowest BCUT2D eigenvalue weighted by molar-refractivity contribution is 0.702. The van der Waals surface area contributed by atoms with E-state index in [2.05, 4.69) is 9.88 Å². The van der Waals surface area contributed by atoms with Gasteiger partial charge in [-0.3, -0.25) is 13.9 Å². The average Bonchev–Trinajstić information content (AvgIpc) is 3.12. The molecule has 1 aliphatic rings. The largest absolute Gasteiger partial charge is 0.341 e. The Kier molecular flexibility index (Phi) is 4.08. The van der Waals surface area contributed by atoms with Crippen molar-refractivity contribution in [1.82, 2.24) is 18.7 Å². The molecule has 0 bridgehead atoms. The molecule has 1 aliphatic heterocycles. The van der Waals surface area contributed by atoms with E-state index in [-0.39, 0.29) is 17.3 Å². The van der Waals surface area contributed by atoms with E-state index in [1.807, 2.05) is 24.5 Å². The van der Waals surface area contributed by atoms with Gasteiger partial charge in [0.05, 0.1) is 0 Å². The minimum Gasteiger partial charge on any atom is -0.341 e. The van der Waals surface area contributed by atoms with E-state index in [0.717, 1.165) is 23.1 Å². The summed E-state index contributed by atoms with van der Waals surface area (Å²) in [5.74, 6) is 0.703. The number of fused-ring (bicyclic) bond motifs is 1. The van der Waals surface area contributed by atoms with Gasteiger partial charge in [0.2, 0.25) is 5.95 Å². The highest BCUT2D eigenvalue weighted by Crippen LogP contribution is 2.23. The number of hydrogen-bond acceptors (Lipinski definition) is 5. The second kappa shape index (κ2) is 5.94. The van der Waals surface area contributed by atoms with E-state index >= 15 is 0 Å². The summed E-state index contributed by atoms with van der Waals surface area (Å²) >= 11 is 0. The van der Waals surface area contributed by atoms with Gasteiger partial charge in [-0.1, -0.05) is 11.6 Å². The monoisotopic (exact) mass is 332 g/mol. The normalized spacial score (nSPS) is 17.7. The van der Waals surface area contributed by atoms with E-state index in [1.54, 1.807) is 7.05 Å². The van der Waals surface area contributed by atoms with E-state index in [0.29, 0.717) is 30.2 Å². The number of allylic oxidation sites excluding steroid dienone is 2. The molecule has 0 saturated carbocycles. The van der Waals surface area contributed by atoms with Crippen molar-refractivity contribution in [3.05, 3.63) is 32.5 Å². The molecule has 1 fully saturated rings. The molecule has 24 heavy (non-hydrogen) atoms. The number of nitrogens with two attached hydrogens (primary N) is 1. The van der Waals surface area contributed by atoms with Gasteiger partial charge in [0.25, 0.3) is 5.56 Å². The Hall–Kier alpha value is -2.35. The molecule has 2 aromatic heterocycles. The van der Waals surface area contributed by atoms with Crippen molar-refractivity contribution in [3.8, 4) is 0 Å². The summed E-state index contributed by atoms with van der Waals surface area (Å²) in [6.45, 7) is 6.06. The van der Waals surface area contributed by atoms with Crippen molar-refractivity contribution in [2.24, 2.45) is 19.8 Å². The first-order chi connectivity index (χ1) is 11.3. The van der Waals surface area contributed by atoms with Crippen LogP contribution in [0.2, 0.25) is 0 Å². The zero-order valence-corrected chi connectivity index (χ0v) is 14.6. The quantitative estimate of drug-likeness (QED) is 0.795. The van der Waals surface area contributed by atoms with Crippen LogP contribution < -0.4 is 21.9 Å². The molecule has 1 unspecified atom stereocenters. The Morgan fingerprint density at radius 3 is 2.58 bits per heavy atom. The smallest absolute Gasteiger partial charge is 0.332 e. The third-order valence-electron chi connectivity index (χ3n) is 4.52. The molecule has 130 valence electrons. The van der Waals surface area contributed by atoms with Gasteiger partial charge in [-0.2, -0.15) is 4.98 Å². The molecule has 3 rings (SSSR count). The minimum atomic E-state index is -0.371. The fraction of sp³-hybridized carbons (Fsp3) is 0.562. The van der Waals surface area contributed by atoms with Crippen LogP contribution in [0.25, 0.3) is 11.2 Å². The van der Waals surface area contributed by atoms with Crippen LogP contribution in [-0.4, -0.2) is 37.8 Å². The summed E-state index contributed by atoms with van der Waals surface area (Å²) < 4.78 is 4.44. The Balaban J connectivity index is 2.30. The summed E-state index contributed by atoms with van der Waals surface area (Å²) in [6.07, 6.45) is 2.94. The van der Waals surface area contributed by atoms with Gasteiger partial charge < -0.3 is 15.2 Å². The summed E-state index contributed by atoms with van der Waals surface area (Å²) in [4.78, 5) is 31.6. The highest BCUT2D eigenvalue weighted by molar-refractivity contribution is 5.74. The van der Waals surface area contributed by atoms with Crippen molar-refractivity contribution in [2.75, 3.05) is 18.0 Å². The van der Waals surface area contributed by atoms with E-state index in [4.69, 9.17) is 5.73 Å². The van der Waals surface area contributed by atoms with Crippen molar-refractivity contribution < 1.29 is 0 Å². The lowest BCUT2D eigenvalue weighted by Crippen LogP contribution is -2.37. The molecular weight excluding hydrogens is 308 g/mol. The van der Waals surface area contributed by atoms with Gasteiger partial charge in [0.1, 0.15) is 0 Å². The van der Waals surface area contributed by atoms with Gasteiger partial charge >= 0.3 is 5.69 Å². The molecule has 8 heteroatoms.